The molecule has 0 spiro atoms. The van der Waals surface area contributed by atoms with Crippen molar-refractivity contribution < 1.29 is 14.7 Å². The van der Waals surface area contributed by atoms with Crippen molar-refractivity contribution in [3.8, 4) is 0 Å². The molecule has 1 N–H and O–H groups in total. The molecule has 6 heteroatoms. The molecule has 1 aromatic carbocycles. The number of anilines is 1. The van der Waals surface area contributed by atoms with Crippen molar-refractivity contribution in [1.82, 2.24) is 4.90 Å². The first-order valence-electron chi connectivity index (χ1n) is 6.40. The highest BCUT2D eigenvalue weighted by atomic mass is 32.1. The summed E-state index contributed by atoms with van der Waals surface area (Å²) in [6.07, 6.45) is 0. The summed E-state index contributed by atoms with van der Waals surface area (Å²) in [4.78, 5) is 27.3. The van der Waals surface area contributed by atoms with Crippen LogP contribution in [0.2, 0.25) is 0 Å². The zero-order chi connectivity index (χ0) is 15.2. The number of carboxylic acid groups (broad SMARTS) is 1. The maximum Gasteiger partial charge on any atom is 0.325 e. The summed E-state index contributed by atoms with van der Waals surface area (Å²) in [6.45, 7) is 0.0943. The fourth-order valence-electron chi connectivity index (χ4n) is 1.92. The third-order valence-electron chi connectivity index (χ3n) is 2.89. The van der Waals surface area contributed by atoms with Crippen LogP contribution in [-0.4, -0.2) is 35.6 Å². The van der Waals surface area contributed by atoms with Gasteiger partial charge in [-0.1, -0.05) is 24.3 Å². The molecule has 0 atom stereocenters. The van der Waals surface area contributed by atoms with E-state index in [0.29, 0.717) is 12.2 Å². The summed E-state index contributed by atoms with van der Waals surface area (Å²) in [6, 6.07) is 12.3. The number of hydrogen-bond acceptors (Lipinski definition) is 3. The van der Waals surface area contributed by atoms with Crippen LogP contribution in [0.15, 0.2) is 47.8 Å². The molecule has 0 saturated carbocycles. The number of rotatable bonds is 5. The lowest BCUT2D eigenvalue weighted by molar-refractivity contribution is -0.135. The van der Waals surface area contributed by atoms with Gasteiger partial charge in [0.1, 0.15) is 6.54 Å². The standard InChI is InChI=1S/C15H16N2O3S/c1-16(10-13-8-5-9-21-13)15(20)17(11-14(18)19)12-6-3-2-4-7-12/h2-9H,10-11H2,1H3,(H,18,19). The number of amides is 2. The maximum absolute atomic E-state index is 12.5. The first-order valence-corrected chi connectivity index (χ1v) is 7.27. The van der Waals surface area contributed by atoms with E-state index < -0.39 is 5.97 Å². The molecule has 0 bridgehead atoms. The van der Waals surface area contributed by atoms with Crippen molar-refractivity contribution in [2.24, 2.45) is 0 Å². The number of carbonyl (C=O) groups excluding carboxylic acids is 1. The molecule has 0 fully saturated rings. The molecule has 0 aliphatic carbocycles. The molecule has 110 valence electrons. The second kappa shape index (κ2) is 6.90. The highest BCUT2D eigenvalue weighted by Crippen LogP contribution is 2.17. The second-order valence-corrected chi connectivity index (χ2v) is 5.57. The van der Waals surface area contributed by atoms with Crippen LogP contribution in [0.4, 0.5) is 10.5 Å². The Morgan fingerprint density at radius 2 is 1.86 bits per heavy atom. The van der Waals surface area contributed by atoms with Crippen molar-refractivity contribution in [3.63, 3.8) is 0 Å². The van der Waals surface area contributed by atoms with Gasteiger partial charge in [-0.3, -0.25) is 9.69 Å². The zero-order valence-electron chi connectivity index (χ0n) is 11.6. The lowest BCUT2D eigenvalue weighted by Crippen LogP contribution is -2.43. The number of carboxylic acids is 1. The van der Waals surface area contributed by atoms with Crippen molar-refractivity contribution in [1.29, 1.82) is 0 Å². The molecular weight excluding hydrogens is 288 g/mol. The van der Waals surface area contributed by atoms with Gasteiger partial charge in [0.25, 0.3) is 0 Å². The Balaban J connectivity index is 2.16. The highest BCUT2D eigenvalue weighted by molar-refractivity contribution is 7.09. The van der Waals surface area contributed by atoms with Gasteiger partial charge in [0, 0.05) is 17.6 Å². The molecule has 2 amide bonds. The van der Waals surface area contributed by atoms with Crippen LogP contribution < -0.4 is 4.90 Å². The van der Waals surface area contributed by atoms with Gasteiger partial charge in [-0.15, -0.1) is 11.3 Å². The van der Waals surface area contributed by atoms with E-state index in [4.69, 9.17) is 5.11 Å². The van der Waals surface area contributed by atoms with E-state index in [1.807, 2.05) is 23.6 Å². The second-order valence-electron chi connectivity index (χ2n) is 4.53. The first-order chi connectivity index (χ1) is 10.1. The fourth-order valence-corrected chi connectivity index (χ4v) is 2.68. The maximum atomic E-state index is 12.5. The van der Waals surface area contributed by atoms with Gasteiger partial charge in [0.15, 0.2) is 0 Å². The highest BCUT2D eigenvalue weighted by Gasteiger charge is 2.22. The average Bonchev–Trinajstić information content (AvgIpc) is 2.97. The predicted octanol–water partition coefficient (Wildman–Crippen LogP) is 2.89. The van der Waals surface area contributed by atoms with Gasteiger partial charge in [0.05, 0.1) is 6.54 Å². The Kier molecular flexibility index (Phi) is 4.94. The predicted molar refractivity (Wildman–Crippen MR) is 82.6 cm³/mol. The minimum absolute atomic E-state index is 0.336. The smallest absolute Gasteiger partial charge is 0.325 e. The molecule has 1 aromatic heterocycles. The summed E-state index contributed by atoms with van der Waals surface area (Å²) < 4.78 is 0. The summed E-state index contributed by atoms with van der Waals surface area (Å²) >= 11 is 1.56. The minimum atomic E-state index is -1.04. The van der Waals surface area contributed by atoms with E-state index in [-0.39, 0.29) is 12.6 Å². The largest absolute Gasteiger partial charge is 0.480 e. The minimum Gasteiger partial charge on any atom is -0.480 e. The Morgan fingerprint density at radius 3 is 2.43 bits per heavy atom. The van der Waals surface area contributed by atoms with Gasteiger partial charge in [-0.25, -0.2) is 4.79 Å². The van der Waals surface area contributed by atoms with Crippen LogP contribution >= 0.6 is 11.3 Å². The summed E-state index contributed by atoms with van der Waals surface area (Å²) in [7, 11) is 1.67. The summed E-state index contributed by atoms with van der Waals surface area (Å²) in [5.41, 5.74) is 0.572. The normalized spacial score (nSPS) is 10.1. The fraction of sp³-hybridized carbons (Fsp3) is 0.200. The van der Waals surface area contributed by atoms with Gasteiger partial charge >= 0.3 is 12.0 Å². The number of nitrogens with zero attached hydrogens (tertiary/aromatic N) is 2. The van der Waals surface area contributed by atoms with E-state index in [9.17, 15) is 9.59 Å². The molecule has 0 saturated heterocycles. The monoisotopic (exact) mass is 304 g/mol. The zero-order valence-corrected chi connectivity index (χ0v) is 12.4. The molecule has 1 heterocycles. The van der Waals surface area contributed by atoms with Crippen molar-refractivity contribution in [3.05, 3.63) is 52.7 Å². The Labute approximate surface area is 127 Å². The number of benzene rings is 1. The van der Waals surface area contributed by atoms with Gasteiger partial charge in [-0.2, -0.15) is 0 Å². The van der Waals surface area contributed by atoms with Crippen LogP contribution in [0.5, 0.6) is 0 Å². The van der Waals surface area contributed by atoms with Gasteiger partial charge in [0.2, 0.25) is 0 Å². The number of carbonyl (C=O) groups is 2. The third kappa shape index (κ3) is 4.06. The van der Waals surface area contributed by atoms with Gasteiger partial charge in [-0.05, 0) is 23.6 Å². The van der Waals surface area contributed by atoms with Crippen molar-refractivity contribution in [2.75, 3.05) is 18.5 Å². The molecule has 2 aromatic rings. The van der Waals surface area contributed by atoms with E-state index in [1.54, 1.807) is 42.6 Å². The van der Waals surface area contributed by atoms with Crippen LogP contribution in [0.1, 0.15) is 4.88 Å². The lowest BCUT2D eigenvalue weighted by atomic mass is 10.3. The molecule has 21 heavy (non-hydrogen) atoms. The van der Waals surface area contributed by atoms with E-state index in [2.05, 4.69) is 0 Å². The number of hydrogen-bond donors (Lipinski definition) is 1. The molecule has 0 radical (unpaired) electrons. The average molecular weight is 304 g/mol. The van der Waals surface area contributed by atoms with Crippen LogP contribution in [0.3, 0.4) is 0 Å². The number of aliphatic carboxylic acids is 1. The molecule has 2 rings (SSSR count). The van der Waals surface area contributed by atoms with Crippen molar-refractivity contribution >= 4 is 29.0 Å². The van der Waals surface area contributed by atoms with Crippen LogP contribution in [0, 0.1) is 0 Å². The molecule has 0 unspecified atom stereocenters. The number of thiophene rings is 1. The molecular formula is C15H16N2O3S. The van der Waals surface area contributed by atoms with Crippen molar-refractivity contribution in [2.45, 2.75) is 6.54 Å². The lowest BCUT2D eigenvalue weighted by Gasteiger charge is -2.26. The number of para-hydroxylation sites is 1. The van der Waals surface area contributed by atoms with E-state index in [1.165, 1.54) is 9.80 Å². The molecule has 0 aliphatic heterocycles. The first kappa shape index (κ1) is 15.1. The quantitative estimate of drug-likeness (QED) is 0.924. The van der Waals surface area contributed by atoms with Gasteiger partial charge < -0.3 is 10.0 Å². The summed E-state index contributed by atoms with van der Waals surface area (Å²) in [5.74, 6) is -1.04. The van der Waals surface area contributed by atoms with E-state index >= 15 is 0 Å². The topological polar surface area (TPSA) is 60.9 Å². The Hall–Kier alpha value is -2.34. The molecule has 5 nitrogen and oxygen atoms in total. The Bertz CT molecular complexity index is 599. The van der Waals surface area contributed by atoms with Crippen LogP contribution in [0.25, 0.3) is 0 Å². The SMILES string of the molecule is CN(Cc1cccs1)C(=O)N(CC(=O)O)c1ccccc1. The number of urea groups is 1. The summed E-state index contributed by atoms with van der Waals surface area (Å²) in [5, 5.41) is 11.0. The Morgan fingerprint density at radius 1 is 1.14 bits per heavy atom. The van der Waals surface area contributed by atoms with E-state index in [0.717, 1.165) is 4.88 Å². The molecule has 0 aliphatic rings. The van der Waals surface area contributed by atoms with Crippen LogP contribution in [-0.2, 0) is 11.3 Å². The third-order valence-corrected chi connectivity index (χ3v) is 3.75.